The molecule has 0 atom stereocenters. The Hall–Kier alpha value is -4.38. The number of benzene rings is 5. The van der Waals surface area contributed by atoms with Gasteiger partial charge in [0.2, 0.25) is 0 Å². The van der Waals surface area contributed by atoms with Crippen LogP contribution in [0.15, 0.2) is 91.0 Å². The van der Waals surface area contributed by atoms with Gasteiger partial charge in [0.15, 0.2) is 0 Å². The molecular weight excluding hydrogens is 490 g/mol. The highest BCUT2D eigenvalue weighted by Crippen LogP contribution is 2.47. The fourth-order valence-corrected chi connectivity index (χ4v) is 6.87. The van der Waals surface area contributed by atoms with Crippen LogP contribution in [0.5, 0.6) is 0 Å². The van der Waals surface area contributed by atoms with E-state index in [0.29, 0.717) is 0 Å². The number of nitrogens with zero attached hydrogens (tertiary/aromatic N) is 5. The third-order valence-corrected chi connectivity index (χ3v) is 9.03. The first-order valence-electron chi connectivity index (χ1n) is 14.6. The maximum atomic E-state index is 2.60. The van der Waals surface area contributed by atoms with Gasteiger partial charge >= 0.3 is 0 Å². The molecule has 5 aromatic rings. The molecule has 0 N–H and O–H groups in total. The van der Waals surface area contributed by atoms with Crippen LogP contribution in [0.25, 0.3) is 21.5 Å². The van der Waals surface area contributed by atoms with Gasteiger partial charge in [-0.15, -0.1) is 0 Å². The molecule has 5 heteroatoms. The second-order valence-electron chi connectivity index (χ2n) is 11.7. The number of rotatable bonds is 3. The highest BCUT2D eigenvalue weighted by atomic mass is 15.4. The van der Waals surface area contributed by atoms with Crippen molar-refractivity contribution in [3.05, 3.63) is 91.0 Å². The predicted octanol–water partition coefficient (Wildman–Crippen LogP) is 8.07. The van der Waals surface area contributed by atoms with E-state index in [-0.39, 0.29) is 0 Å². The van der Waals surface area contributed by atoms with Gasteiger partial charge < -0.3 is 24.5 Å². The summed E-state index contributed by atoms with van der Waals surface area (Å²) in [5, 5.41) is 5.16. The van der Waals surface area contributed by atoms with E-state index < -0.39 is 0 Å². The quantitative estimate of drug-likeness (QED) is 0.236. The topological polar surface area (TPSA) is 16.2 Å². The Bertz CT molecular complexity index is 1640. The summed E-state index contributed by atoms with van der Waals surface area (Å²) in [7, 11) is 4.42. The number of piperidine rings is 1. The zero-order valence-corrected chi connectivity index (χ0v) is 23.3. The third kappa shape index (κ3) is 3.75. The number of anilines is 7. The average molecular weight is 526 g/mol. The number of hydrogen-bond donors (Lipinski definition) is 0. The van der Waals surface area contributed by atoms with Crippen molar-refractivity contribution in [3.63, 3.8) is 0 Å². The molecule has 0 saturated carbocycles. The summed E-state index contributed by atoms with van der Waals surface area (Å²) in [4.78, 5) is 12.3. The van der Waals surface area contributed by atoms with E-state index in [1.807, 2.05) is 0 Å². The van der Waals surface area contributed by atoms with E-state index in [1.165, 1.54) is 80.6 Å². The first kappa shape index (κ1) is 23.5. The van der Waals surface area contributed by atoms with Gasteiger partial charge in [-0.05, 0) is 83.3 Å². The predicted molar refractivity (Wildman–Crippen MR) is 171 cm³/mol. The lowest BCUT2D eigenvalue weighted by Gasteiger charge is -2.32. The average Bonchev–Trinajstić information content (AvgIpc) is 3.50. The van der Waals surface area contributed by atoms with Crippen LogP contribution in [-0.2, 0) is 0 Å². The van der Waals surface area contributed by atoms with E-state index in [1.54, 1.807) is 0 Å². The summed E-state index contributed by atoms with van der Waals surface area (Å²) >= 11 is 0. The van der Waals surface area contributed by atoms with Crippen LogP contribution in [0.2, 0.25) is 0 Å². The summed E-state index contributed by atoms with van der Waals surface area (Å²) in [5.74, 6) is 0. The van der Waals surface area contributed by atoms with Gasteiger partial charge in [0, 0.05) is 44.2 Å². The Labute approximate surface area is 236 Å². The van der Waals surface area contributed by atoms with Crippen LogP contribution in [0.4, 0.5) is 39.8 Å². The minimum atomic E-state index is 0.843. The normalized spacial score (nSPS) is 16.8. The van der Waals surface area contributed by atoms with E-state index >= 15 is 0 Å². The fraction of sp³-hybridized carbons (Fsp3) is 0.257. The van der Waals surface area contributed by atoms with E-state index in [9.17, 15) is 0 Å². The first-order chi connectivity index (χ1) is 19.6. The molecule has 40 heavy (non-hydrogen) atoms. The first-order valence-corrected chi connectivity index (χ1v) is 14.6. The van der Waals surface area contributed by atoms with Crippen molar-refractivity contribution < 1.29 is 0 Å². The summed E-state index contributed by atoms with van der Waals surface area (Å²) in [6, 6.07) is 34.1. The van der Waals surface area contributed by atoms with Crippen molar-refractivity contribution in [1.82, 2.24) is 0 Å². The van der Waals surface area contributed by atoms with Gasteiger partial charge in [-0.1, -0.05) is 48.5 Å². The highest BCUT2D eigenvalue weighted by molar-refractivity contribution is 5.98. The second-order valence-corrected chi connectivity index (χ2v) is 11.7. The van der Waals surface area contributed by atoms with Crippen molar-refractivity contribution in [2.75, 3.05) is 65.0 Å². The Morgan fingerprint density at radius 2 is 0.850 bits per heavy atom. The van der Waals surface area contributed by atoms with Gasteiger partial charge in [-0.25, -0.2) is 0 Å². The Balaban J connectivity index is 1.27. The molecule has 0 unspecified atom stereocenters. The lowest BCUT2D eigenvalue weighted by molar-refractivity contribution is 0.578. The SMILES string of the molecule is CN1CN(c2cc(N3CCCCC3)cc(N3CN(C)c4cc5ccccc5cc43)c2)c2cc3ccccc3cc21. The molecule has 1 saturated heterocycles. The minimum absolute atomic E-state index is 0.843. The molecule has 0 aromatic heterocycles. The van der Waals surface area contributed by atoms with Crippen LogP contribution in [0.3, 0.4) is 0 Å². The molecule has 3 aliphatic rings. The lowest BCUT2D eigenvalue weighted by atomic mass is 10.1. The molecule has 3 aliphatic heterocycles. The van der Waals surface area contributed by atoms with E-state index in [2.05, 4.69) is 130 Å². The molecule has 0 amide bonds. The molecule has 3 heterocycles. The van der Waals surface area contributed by atoms with Crippen LogP contribution < -0.4 is 24.5 Å². The maximum Gasteiger partial charge on any atom is 0.0950 e. The Morgan fingerprint density at radius 3 is 1.30 bits per heavy atom. The van der Waals surface area contributed by atoms with Crippen LogP contribution in [-0.4, -0.2) is 40.5 Å². The lowest BCUT2D eigenvalue weighted by Crippen LogP contribution is -2.30. The fourth-order valence-electron chi connectivity index (χ4n) is 6.87. The molecule has 5 nitrogen and oxygen atoms in total. The summed E-state index contributed by atoms with van der Waals surface area (Å²) in [5.41, 5.74) is 9.01. The van der Waals surface area contributed by atoms with Gasteiger partial charge in [0.05, 0.1) is 36.1 Å². The zero-order chi connectivity index (χ0) is 26.8. The molecule has 5 aromatic carbocycles. The zero-order valence-electron chi connectivity index (χ0n) is 23.3. The third-order valence-electron chi connectivity index (χ3n) is 9.03. The minimum Gasteiger partial charge on any atom is -0.371 e. The standard InChI is InChI=1S/C35H35N5/c1-36-23-39(34-18-27-12-6-4-10-25(27)16-32(34)36)30-20-29(38-14-8-3-9-15-38)21-31(22-30)40-24-37(2)33-17-26-11-5-7-13-28(26)19-35(33)40/h4-7,10-13,16-22H,3,8-9,14-15,23-24H2,1-2H3. The smallest absolute Gasteiger partial charge is 0.0950 e. The Kier molecular flexibility index (Phi) is 5.34. The molecule has 1 fully saturated rings. The van der Waals surface area contributed by atoms with E-state index in [4.69, 9.17) is 0 Å². The Morgan fingerprint density at radius 1 is 0.450 bits per heavy atom. The maximum absolute atomic E-state index is 2.60. The number of fused-ring (bicyclic) bond motifs is 4. The van der Waals surface area contributed by atoms with Gasteiger partial charge in [0.25, 0.3) is 0 Å². The van der Waals surface area contributed by atoms with Crippen molar-refractivity contribution >= 4 is 61.4 Å². The van der Waals surface area contributed by atoms with Gasteiger partial charge in [-0.2, -0.15) is 0 Å². The van der Waals surface area contributed by atoms with Crippen molar-refractivity contribution in [1.29, 1.82) is 0 Å². The second kappa shape index (κ2) is 9.09. The summed E-state index contributed by atoms with van der Waals surface area (Å²) in [6.45, 7) is 3.95. The largest absolute Gasteiger partial charge is 0.371 e. The summed E-state index contributed by atoms with van der Waals surface area (Å²) in [6.07, 6.45) is 3.86. The van der Waals surface area contributed by atoms with Gasteiger partial charge in [-0.3, -0.25) is 0 Å². The van der Waals surface area contributed by atoms with Crippen molar-refractivity contribution in [2.24, 2.45) is 0 Å². The molecule has 0 aliphatic carbocycles. The van der Waals surface area contributed by atoms with E-state index in [0.717, 1.165) is 26.4 Å². The van der Waals surface area contributed by atoms with Crippen molar-refractivity contribution in [2.45, 2.75) is 19.3 Å². The van der Waals surface area contributed by atoms with Gasteiger partial charge in [0.1, 0.15) is 0 Å². The highest BCUT2D eigenvalue weighted by Gasteiger charge is 2.30. The molecule has 0 radical (unpaired) electrons. The van der Waals surface area contributed by atoms with Crippen LogP contribution >= 0.6 is 0 Å². The van der Waals surface area contributed by atoms with Crippen LogP contribution in [0, 0.1) is 0 Å². The van der Waals surface area contributed by atoms with Crippen molar-refractivity contribution in [3.8, 4) is 0 Å². The molecule has 0 bridgehead atoms. The number of hydrogen-bond acceptors (Lipinski definition) is 5. The molecule has 200 valence electrons. The summed E-state index contributed by atoms with van der Waals surface area (Å²) < 4.78 is 0. The van der Waals surface area contributed by atoms with Crippen LogP contribution in [0.1, 0.15) is 19.3 Å². The monoisotopic (exact) mass is 525 g/mol. The molecular formula is C35H35N5. The molecule has 0 spiro atoms. The molecule has 8 rings (SSSR count).